The molecule has 0 bridgehead atoms. The molecule has 17 heavy (non-hydrogen) atoms. The molecule has 1 rings (SSSR count). The standard InChI is InChI=1S/C10H17F3N4/c1-3-5-17-9(7-15-16-17)8(14-4-2)6-10(11,12)13/h7-8,14H,3-6H2,1-2H3. The van der Waals surface area contributed by atoms with Crippen molar-refractivity contribution in [1.82, 2.24) is 20.3 Å². The van der Waals surface area contributed by atoms with Gasteiger partial charge < -0.3 is 5.32 Å². The molecule has 1 N–H and O–H groups in total. The molecule has 0 aliphatic heterocycles. The Labute approximate surface area is 98.2 Å². The summed E-state index contributed by atoms with van der Waals surface area (Å²) in [5.41, 5.74) is 0.492. The van der Waals surface area contributed by atoms with E-state index in [1.165, 1.54) is 10.9 Å². The summed E-state index contributed by atoms with van der Waals surface area (Å²) in [6, 6.07) is -0.776. The summed E-state index contributed by atoms with van der Waals surface area (Å²) in [5.74, 6) is 0. The van der Waals surface area contributed by atoms with Gasteiger partial charge in [-0.15, -0.1) is 5.10 Å². The average molecular weight is 250 g/mol. The second-order valence-corrected chi connectivity index (χ2v) is 3.81. The predicted molar refractivity (Wildman–Crippen MR) is 57.4 cm³/mol. The molecule has 0 saturated carbocycles. The van der Waals surface area contributed by atoms with Crippen LogP contribution in [0.4, 0.5) is 13.2 Å². The summed E-state index contributed by atoms with van der Waals surface area (Å²) >= 11 is 0. The number of hydrogen-bond donors (Lipinski definition) is 1. The third-order valence-electron chi connectivity index (χ3n) is 2.33. The van der Waals surface area contributed by atoms with Crippen LogP contribution >= 0.6 is 0 Å². The highest BCUT2D eigenvalue weighted by Crippen LogP contribution is 2.29. The molecule has 0 aromatic carbocycles. The van der Waals surface area contributed by atoms with Gasteiger partial charge in [-0.05, 0) is 13.0 Å². The number of nitrogens with one attached hydrogen (secondary N) is 1. The molecule has 1 aromatic rings. The second kappa shape index (κ2) is 6.00. The topological polar surface area (TPSA) is 42.7 Å². The van der Waals surface area contributed by atoms with Gasteiger partial charge in [0.05, 0.1) is 24.4 Å². The minimum atomic E-state index is -4.20. The monoisotopic (exact) mass is 250 g/mol. The molecule has 0 spiro atoms. The summed E-state index contributed by atoms with van der Waals surface area (Å²) in [6.07, 6.45) is -2.90. The van der Waals surface area contributed by atoms with E-state index in [1.54, 1.807) is 6.92 Å². The third kappa shape index (κ3) is 4.33. The second-order valence-electron chi connectivity index (χ2n) is 3.81. The van der Waals surface area contributed by atoms with E-state index >= 15 is 0 Å². The number of aromatic nitrogens is 3. The lowest BCUT2D eigenvalue weighted by Crippen LogP contribution is -2.28. The normalized spacial score (nSPS) is 13.9. The summed E-state index contributed by atoms with van der Waals surface area (Å²) in [7, 11) is 0. The quantitative estimate of drug-likeness (QED) is 0.842. The summed E-state index contributed by atoms with van der Waals surface area (Å²) in [5, 5.41) is 10.3. The van der Waals surface area contributed by atoms with E-state index in [2.05, 4.69) is 15.6 Å². The molecule has 0 fully saturated rings. The van der Waals surface area contributed by atoms with Crippen molar-refractivity contribution in [3.63, 3.8) is 0 Å². The summed E-state index contributed by atoms with van der Waals surface area (Å²) in [4.78, 5) is 0. The van der Waals surface area contributed by atoms with Crippen LogP contribution in [0.2, 0.25) is 0 Å². The largest absolute Gasteiger partial charge is 0.390 e. The van der Waals surface area contributed by atoms with Crippen LogP contribution in [0, 0.1) is 0 Å². The minimum absolute atomic E-state index is 0.470. The highest BCUT2D eigenvalue weighted by atomic mass is 19.4. The molecule has 0 radical (unpaired) electrons. The molecule has 1 aromatic heterocycles. The number of alkyl halides is 3. The van der Waals surface area contributed by atoms with Crippen molar-refractivity contribution >= 4 is 0 Å². The van der Waals surface area contributed by atoms with Crippen molar-refractivity contribution in [1.29, 1.82) is 0 Å². The van der Waals surface area contributed by atoms with E-state index in [0.717, 1.165) is 6.42 Å². The average Bonchev–Trinajstić information content (AvgIpc) is 2.64. The summed E-state index contributed by atoms with van der Waals surface area (Å²) in [6.45, 7) is 4.77. The van der Waals surface area contributed by atoms with Crippen LogP contribution in [0.15, 0.2) is 6.20 Å². The van der Waals surface area contributed by atoms with Crippen molar-refractivity contribution in [2.75, 3.05) is 6.54 Å². The van der Waals surface area contributed by atoms with E-state index in [9.17, 15) is 13.2 Å². The van der Waals surface area contributed by atoms with E-state index in [-0.39, 0.29) is 0 Å². The Kier molecular flexibility index (Phi) is 4.92. The first-order valence-electron chi connectivity index (χ1n) is 5.66. The van der Waals surface area contributed by atoms with Gasteiger partial charge >= 0.3 is 6.18 Å². The molecule has 1 unspecified atom stereocenters. The van der Waals surface area contributed by atoms with Crippen molar-refractivity contribution in [3.05, 3.63) is 11.9 Å². The molecule has 0 aliphatic carbocycles. The molecule has 0 amide bonds. The van der Waals surface area contributed by atoms with Crippen molar-refractivity contribution < 1.29 is 13.2 Å². The molecule has 4 nitrogen and oxygen atoms in total. The fraction of sp³-hybridized carbons (Fsp3) is 0.800. The lowest BCUT2D eigenvalue weighted by Gasteiger charge is -2.19. The Morgan fingerprint density at radius 2 is 2.12 bits per heavy atom. The Morgan fingerprint density at radius 3 is 2.65 bits per heavy atom. The zero-order valence-corrected chi connectivity index (χ0v) is 9.96. The molecular formula is C10H17F3N4. The van der Waals surface area contributed by atoms with Gasteiger partial charge in [-0.25, -0.2) is 4.68 Å². The van der Waals surface area contributed by atoms with Crippen LogP contribution < -0.4 is 5.32 Å². The maximum Gasteiger partial charge on any atom is 0.390 e. The molecule has 1 atom stereocenters. The van der Waals surface area contributed by atoms with E-state index in [0.29, 0.717) is 18.8 Å². The lowest BCUT2D eigenvalue weighted by molar-refractivity contribution is -0.140. The molecular weight excluding hydrogens is 233 g/mol. The fourth-order valence-corrected chi connectivity index (χ4v) is 1.68. The van der Waals surface area contributed by atoms with E-state index < -0.39 is 18.6 Å². The number of aryl methyl sites for hydroxylation is 1. The van der Waals surface area contributed by atoms with Gasteiger partial charge in [0, 0.05) is 6.54 Å². The van der Waals surface area contributed by atoms with E-state index in [1.807, 2.05) is 6.92 Å². The molecule has 7 heteroatoms. The van der Waals surface area contributed by atoms with Gasteiger partial charge in [-0.2, -0.15) is 13.2 Å². The maximum atomic E-state index is 12.4. The minimum Gasteiger partial charge on any atom is -0.309 e. The van der Waals surface area contributed by atoms with Gasteiger partial charge in [-0.1, -0.05) is 19.1 Å². The third-order valence-corrected chi connectivity index (χ3v) is 2.33. The summed E-state index contributed by atoms with van der Waals surface area (Å²) < 4.78 is 38.9. The van der Waals surface area contributed by atoms with Gasteiger partial charge in [-0.3, -0.25) is 0 Å². The van der Waals surface area contributed by atoms with Crippen LogP contribution in [-0.2, 0) is 6.54 Å². The first-order chi connectivity index (χ1) is 7.98. The number of nitrogens with zero attached hydrogens (tertiary/aromatic N) is 3. The van der Waals surface area contributed by atoms with E-state index in [4.69, 9.17) is 0 Å². The van der Waals surface area contributed by atoms with Crippen LogP contribution in [0.25, 0.3) is 0 Å². The first-order valence-corrected chi connectivity index (χ1v) is 5.66. The lowest BCUT2D eigenvalue weighted by atomic mass is 10.1. The molecule has 0 saturated heterocycles. The van der Waals surface area contributed by atoms with Crippen LogP contribution in [0.1, 0.15) is 38.4 Å². The fourth-order valence-electron chi connectivity index (χ4n) is 1.68. The van der Waals surface area contributed by atoms with Crippen LogP contribution in [0.5, 0.6) is 0 Å². The SMILES string of the molecule is CCCn1nncc1C(CC(F)(F)F)NCC. The molecule has 0 aliphatic rings. The van der Waals surface area contributed by atoms with Gasteiger partial charge in [0.1, 0.15) is 0 Å². The number of rotatable bonds is 6. The Balaban J connectivity index is 2.84. The zero-order chi connectivity index (χ0) is 12.9. The molecule has 98 valence electrons. The molecule has 1 heterocycles. The van der Waals surface area contributed by atoms with Gasteiger partial charge in [0.15, 0.2) is 0 Å². The first kappa shape index (κ1) is 14.0. The maximum absolute atomic E-state index is 12.4. The highest BCUT2D eigenvalue weighted by Gasteiger charge is 2.33. The van der Waals surface area contributed by atoms with Crippen molar-refractivity contribution in [2.45, 2.75) is 45.5 Å². The Bertz CT molecular complexity index is 335. The smallest absolute Gasteiger partial charge is 0.309 e. The van der Waals surface area contributed by atoms with Crippen molar-refractivity contribution in [3.8, 4) is 0 Å². The zero-order valence-electron chi connectivity index (χ0n) is 9.96. The van der Waals surface area contributed by atoms with Gasteiger partial charge in [0.25, 0.3) is 0 Å². The van der Waals surface area contributed by atoms with Crippen LogP contribution in [-0.4, -0.2) is 27.7 Å². The number of halogens is 3. The predicted octanol–water partition coefficient (Wildman–Crippen LogP) is 2.29. The van der Waals surface area contributed by atoms with Gasteiger partial charge in [0.2, 0.25) is 0 Å². The van der Waals surface area contributed by atoms with Crippen LogP contribution in [0.3, 0.4) is 0 Å². The Hall–Kier alpha value is -1.11. The highest BCUT2D eigenvalue weighted by molar-refractivity contribution is 5.03. The van der Waals surface area contributed by atoms with Crippen molar-refractivity contribution in [2.24, 2.45) is 0 Å². The Morgan fingerprint density at radius 1 is 1.41 bits per heavy atom. The number of hydrogen-bond acceptors (Lipinski definition) is 3.